The van der Waals surface area contributed by atoms with Crippen LogP contribution in [0.25, 0.3) is 0 Å². The second-order valence-electron chi connectivity index (χ2n) is 7.81. The molecule has 2 fully saturated rings. The van der Waals surface area contributed by atoms with Gasteiger partial charge in [0.15, 0.2) is 0 Å². The first-order valence-electron chi connectivity index (χ1n) is 9.85. The molecule has 4 rings (SSSR count). The third-order valence-corrected chi connectivity index (χ3v) is 5.98. The maximum Gasteiger partial charge on any atom is 0.416 e. The number of hydrogen-bond donors (Lipinski definition) is 0. The van der Waals surface area contributed by atoms with Gasteiger partial charge in [-0.3, -0.25) is 9.88 Å². The lowest BCUT2D eigenvalue weighted by atomic mass is 9.92. The molecule has 28 heavy (non-hydrogen) atoms. The summed E-state index contributed by atoms with van der Waals surface area (Å²) in [6.45, 7) is 5.48. The quantitative estimate of drug-likeness (QED) is 0.791. The first-order valence-corrected chi connectivity index (χ1v) is 9.85. The number of aryl methyl sites for hydroxylation is 1. The van der Waals surface area contributed by atoms with Crippen LogP contribution in [0.5, 0.6) is 0 Å². The molecule has 2 aromatic heterocycles. The van der Waals surface area contributed by atoms with Gasteiger partial charge in [0.2, 0.25) is 0 Å². The van der Waals surface area contributed by atoms with Crippen molar-refractivity contribution in [3.8, 4) is 0 Å². The van der Waals surface area contributed by atoms with Gasteiger partial charge >= 0.3 is 6.18 Å². The van der Waals surface area contributed by atoms with Crippen LogP contribution in [0.3, 0.4) is 0 Å². The van der Waals surface area contributed by atoms with E-state index < -0.39 is 11.7 Å². The molecule has 7 heteroatoms. The minimum atomic E-state index is -4.34. The summed E-state index contributed by atoms with van der Waals surface area (Å²) >= 11 is 0. The first-order chi connectivity index (χ1) is 13.4. The fourth-order valence-electron chi connectivity index (χ4n) is 4.48. The fourth-order valence-corrected chi connectivity index (χ4v) is 4.48. The van der Waals surface area contributed by atoms with Crippen LogP contribution >= 0.6 is 0 Å². The van der Waals surface area contributed by atoms with Crippen molar-refractivity contribution < 1.29 is 13.2 Å². The largest absolute Gasteiger partial charge is 0.416 e. The summed E-state index contributed by atoms with van der Waals surface area (Å²) in [5.41, 5.74) is 1.49. The summed E-state index contributed by atoms with van der Waals surface area (Å²) in [6, 6.07) is 8.67. The molecule has 2 atom stereocenters. The summed E-state index contributed by atoms with van der Waals surface area (Å²) in [7, 11) is 0. The minimum Gasteiger partial charge on any atom is -0.355 e. The Balaban J connectivity index is 1.43. The third-order valence-electron chi connectivity index (χ3n) is 5.98. The Hall–Kier alpha value is -2.15. The Morgan fingerprint density at radius 3 is 2.75 bits per heavy atom. The molecule has 4 nitrogen and oxygen atoms in total. The predicted octanol–water partition coefficient (Wildman–Crippen LogP) is 3.95. The number of halogens is 3. The number of rotatable bonds is 4. The number of fused-ring (bicyclic) bond motifs is 1. The van der Waals surface area contributed by atoms with E-state index in [9.17, 15) is 13.2 Å². The Kier molecular flexibility index (Phi) is 5.27. The molecule has 0 saturated carbocycles. The van der Waals surface area contributed by atoms with Gasteiger partial charge in [0, 0.05) is 49.7 Å². The van der Waals surface area contributed by atoms with E-state index in [4.69, 9.17) is 0 Å². The average Bonchev–Trinajstić information content (AvgIpc) is 3.08. The highest BCUT2D eigenvalue weighted by Gasteiger charge is 2.39. The summed E-state index contributed by atoms with van der Waals surface area (Å²) < 4.78 is 39.1. The first kappa shape index (κ1) is 19.2. The summed E-state index contributed by atoms with van der Waals surface area (Å²) in [5, 5.41) is 0. The van der Waals surface area contributed by atoms with E-state index in [-0.39, 0.29) is 0 Å². The normalized spacial score (nSPS) is 23.1. The third kappa shape index (κ3) is 4.14. The van der Waals surface area contributed by atoms with Gasteiger partial charge in [0.25, 0.3) is 0 Å². The Morgan fingerprint density at radius 1 is 1.14 bits per heavy atom. The van der Waals surface area contributed by atoms with E-state index in [0.29, 0.717) is 17.8 Å². The SMILES string of the molecule is Cc1cccc(CCN2CCC3CCN(c4cc(C(F)(F)F)ccn4)CC32)n1. The smallest absolute Gasteiger partial charge is 0.355 e. The van der Waals surface area contributed by atoms with E-state index in [1.54, 1.807) is 0 Å². The van der Waals surface area contributed by atoms with Crippen molar-refractivity contribution in [2.45, 2.75) is 38.4 Å². The lowest BCUT2D eigenvalue weighted by Crippen LogP contribution is -2.49. The van der Waals surface area contributed by atoms with Gasteiger partial charge in [-0.05, 0) is 56.5 Å². The van der Waals surface area contributed by atoms with E-state index in [1.165, 1.54) is 12.3 Å². The van der Waals surface area contributed by atoms with Crippen molar-refractivity contribution in [2.75, 3.05) is 31.1 Å². The van der Waals surface area contributed by atoms with Gasteiger partial charge in [-0.15, -0.1) is 0 Å². The number of aromatic nitrogens is 2. The maximum atomic E-state index is 13.0. The highest BCUT2D eigenvalue weighted by Crippen LogP contribution is 2.35. The second kappa shape index (κ2) is 7.70. The standard InChI is InChI=1S/C21H25F3N4/c1-15-3-2-4-18(26-15)8-12-27-10-6-16-7-11-28(14-19(16)27)20-13-17(5-9-25-20)21(22,23)24/h2-5,9,13,16,19H,6-8,10-12,14H2,1H3. The van der Waals surface area contributed by atoms with Crippen molar-refractivity contribution in [2.24, 2.45) is 5.92 Å². The molecular formula is C21H25F3N4. The van der Waals surface area contributed by atoms with E-state index >= 15 is 0 Å². The van der Waals surface area contributed by atoms with Crippen LogP contribution in [0.15, 0.2) is 36.5 Å². The number of likely N-dealkylation sites (tertiary alicyclic amines) is 1. The van der Waals surface area contributed by atoms with Gasteiger partial charge in [-0.2, -0.15) is 13.2 Å². The zero-order chi connectivity index (χ0) is 19.7. The molecule has 0 spiro atoms. The molecule has 0 aromatic carbocycles. The summed E-state index contributed by atoms with van der Waals surface area (Å²) in [5.74, 6) is 1.05. The van der Waals surface area contributed by atoms with Gasteiger partial charge < -0.3 is 4.90 Å². The van der Waals surface area contributed by atoms with Crippen molar-refractivity contribution in [1.82, 2.24) is 14.9 Å². The van der Waals surface area contributed by atoms with Crippen LogP contribution in [0.4, 0.5) is 19.0 Å². The van der Waals surface area contributed by atoms with Crippen LogP contribution in [-0.4, -0.2) is 47.1 Å². The molecule has 0 aliphatic carbocycles. The zero-order valence-corrected chi connectivity index (χ0v) is 16.0. The van der Waals surface area contributed by atoms with Gasteiger partial charge in [0.1, 0.15) is 5.82 Å². The van der Waals surface area contributed by atoms with Crippen molar-refractivity contribution in [1.29, 1.82) is 0 Å². The van der Waals surface area contributed by atoms with Crippen LogP contribution in [0.2, 0.25) is 0 Å². The van der Waals surface area contributed by atoms with Gasteiger partial charge in [-0.25, -0.2) is 4.98 Å². The highest BCUT2D eigenvalue weighted by atomic mass is 19.4. The molecular weight excluding hydrogens is 365 g/mol. The van der Waals surface area contributed by atoms with Crippen LogP contribution in [0, 0.1) is 12.8 Å². The molecule has 4 heterocycles. The Labute approximate surface area is 163 Å². The van der Waals surface area contributed by atoms with Crippen LogP contribution in [0.1, 0.15) is 29.8 Å². The number of hydrogen-bond acceptors (Lipinski definition) is 4. The Morgan fingerprint density at radius 2 is 1.96 bits per heavy atom. The van der Waals surface area contributed by atoms with Gasteiger partial charge in [-0.1, -0.05) is 6.07 Å². The number of pyridine rings is 2. The summed E-state index contributed by atoms with van der Waals surface area (Å²) in [6.07, 6.45) is -0.0133. The molecule has 150 valence electrons. The van der Waals surface area contributed by atoms with E-state index in [0.717, 1.165) is 62.9 Å². The number of piperidine rings is 1. The maximum absolute atomic E-state index is 13.0. The molecule has 0 N–H and O–H groups in total. The molecule has 2 aliphatic rings. The topological polar surface area (TPSA) is 32.3 Å². The Bertz CT molecular complexity index is 823. The number of anilines is 1. The predicted molar refractivity (Wildman–Crippen MR) is 102 cm³/mol. The fraction of sp³-hybridized carbons (Fsp3) is 0.524. The lowest BCUT2D eigenvalue weighted by Gasteiger charge is -2.39. The lowest BCUT2D eigenvalue weighted by molar-refractivity contribution is -0.137. The van der Waals surface area contributed by atoms with E-state index in [1.807, 2.05) is 24.0 Å². The molecule has 2 aliphatic heterocycles. The van der Waals surface area contributed by atoms with Crippen molar-refractivity contribution >= 4 is 5.82 Å². The number of alkyl halides is 3. The average molecular weight is 390 g/mol. The minimum absolute atomic E-state index is 0.370. The molecule has 2 unspecified atom stereocenters. The van der Waals surface area contributed by atoms with Gasteiger partial charge in [0.05, 0.1) is 5.56 Å². The molecule has 0 bridgehead atoms. The van der Waals surface area contributed by atoms with E-state index in [2.05, 4.69) is 20.9 Å². The molecule has 2 saturated heterocycles. The molecule has 2 aromatic rings. The van der Waals surface area contributed by atoms with Crippen molar-refractivity contribution in [3.63, 3.8) is 0 Å². The molecule has 0 amide bonds. The summed E-state index contributed by atoms with van der Waals surface area (Å²) in [4.78, 5) is 13.3. The monoisotopic (exact) mass is 390 g/mol. The zero-order valence-electron chi connectivity index (χ0n) is 16.0. The highest BCUT2D eigenvalue weighted by molar-refractivity contribution is 5.43. The van der Waals surface area contributed by atoms with Crippen LogP contribution in [-0.2, 0) is 12.6 Å². The van der Waals surface area contributed by atoms with Crippen molar-refractivity contribution in [3.05, 3.63) is 53.5 Å². The molecule has 0 radical (unpaired) electrons. The van der Waals surface area contributed by atoms with Crippen LogP contribution < -0.4 is 4.90 Å². The number of nitrogens with zero attached hydrogens (tertiary/aromatic N) is 4. The second-order valence-corrected chi connectivity index (χ2v) is 7.81.